The molecule has 1 N–H and O–H groups in total. The zero-order valence-electron chi connectivity index (χ0n) is 26.4. The number of ether oxygens (including phenoxy) is 1. The number of amides is 4. The summed E-state index contributed by atoms with van der Waals surface area (Å²) in [7, 11) is 0. The first kappa shape index (κ1) is 33.3. The van der Waals surface area contributed by atoms with E-state index in [0.29, 0.717) is 78.6 Å². The third-order valence-corrected chi connectivity index (χ3v) is 9.23. The van der Waals surface area contributed by atoms with E-state index < -0.39 is 12.1 Å². The fourth-order valence-corrected chi connectivity index (χ4v) is 6.58. The quantitative estimate of drug-likeness (QED) is 0.390. The summed E-state index contributed by atoms with van der Waals surface area (Å²) >= 11 is 12.6. The number of nitrogens with one attached hydrogen (secondary N) is 1. The normalized spacial score (nSPS) is 19.8. The van der Waals surface area contributed by atoms with Crippen molar-refractivity contribution >= 4 is 46.9 Å². The number of hydrogen-bond acceptors (Lipinski definition) is 7. The summed E-state index contributed by atoms with van der Waals surface area (Å²) < 4.78 is 6.00. The van der Waals surface area contributed by atoms with E-state index in [-0.39, 0.29) is 30.9 Å². The number of amidine groups is 1. The second kappa shape index (κ2) is 14.6. The summed E-state index contributed by atoms with van der Waals surface area (Å²) in [6, 6.07) is 20.7. The van der Waals surface area contributed by atoms with E-state index in [1.54, 1.807) is 57.2 Å². The number of carbonyl (C=O) groups excluding carboxylic acids is 3. The number of hydrogen-bond donors (Lipinski definition) is 1. The van der Waals surface area contributed by atoms with E-state index in [0.717, 1.165) is 11.1 Å². The molecule has 0 aliphatic carbocycles. The number of carbonyl (C=O) groups is 3. The second-order valence-electron chi connectivity index (χ2n) is 11.8. The summed E-state index contributed by atoms with van der Waals surface area (Å²) in [5.41, 5.74) is 2.70. The van der Waals surface area contributed by atoms with Gasteiger partial charge in [-0.15, -0.1) is 0 Å². The van der Waals surface area contributed by atoms with Crippen LogP contribution in [-0.2, 0) is 9.59 Å². The highest BCUT2D eigenvalue weighted by Gasteiger charge is 2.45. The largest absolute Gasteiger partial charge is 0.493 e. The summed E-state index contributed by atoms with van der Waals surface area (Å²) in [6.45, 7) is 5.05. The fourth-order valence-electron chi connectivity index (χ4n) is 6.32. The Hall–Kier alpha value is -4.63. The van der Waals surface area contributed by atoms with Gasteiger partial charge in [0.05, 0.1) is 42.9 Å². The first-order valence-corrected chi connectivity index (χ1v) is 16.6. The molecule has 2 fully saturated rings. The highest BCUT2D eigenvalue weighted by Crippen LogP contribution is 2.45. The van der Waals surface area contributed by atoms with Gasteiger partial charge in [0, 0.05) is 49.3 Å². The van der Waals surface area contributed by atoms with Crippen LogP contribution in [0.4, 0.5) is 4.79 Å². The Morgan fingerprint density at radius 1 is 0.938 bits per heavy atom. The molecular weight excluding hydrogens is 653 g/mol. The number of aliphatic imine (C=N–C) groups is 1. The molecule has 0 bridgehead atoms. The number of piperazine rings is 2. The first-order chi connectivity index (χ1) is 23.2. The lowest BCUT2D eigenvalue weighted by molar-refractivity contribution is -0.135. The highest BCUT2D eigenvalue weighted by molar-refractivity contribution is 6.30. The molecule has 3 aliphatic rings. The molecule has 0 unspecified atom stereocenters. The predicted molar refractivity (Wildman–Crippen MR) is 182 cm³/mol. The Balaban J connectivity index is 1.34. The SMILES string of the molecule is CCOc1cc(C#N)ccc1C1=N[C@@H](c2ccc(Cl)cc2)[C@@H](c2ccc(Cl)cc2)N1C(=O)N1CCN(C(=O)CN2CCNC(=O)C2)CC1. The van der Waals surface area contributed by atoms with E-state index in [2.05, 4.69) is 11.4 Å². The van der Waals surface area contributed by atoms with Crippen molar-refractivity contribution in [2.45, 2.75) is 19.0 Å². The van der Waals surface area contributed by atoms with Crippen molar-refractivity contribution in [3.05, 3.63) is 99.0 Å². The van der Waals surface area contributed by atoms with Gasteiger partial charge in [0.2, 0.25) is 11.8 Å². The van der Waals surface area contributed by atoms with E-state index in [9.17, 15) is 19.6 Å². The molecule has 6 rings (SSSR count). The van der Waals surface area contributed by atoms with Gasteiger partial charge in [0.25, 0.3) is 0 Å². The number of urea groups is 1. The maximum Gasteiger partial charge on any atom is 0.326 e. The van der Waals surface area contributed by atoms with Gasteiger partial charge >= 0.3 is 6.03 Å². The fraction of sp³-hybridized carbons (Fsp3) is 0.343. The van der Waals surface area contributed by atoms with E-state index in [4.69, 9.17) is 32.9 Å². The minimum Gasteiger partial charge on any atom is -0.493 e. The van der Waals surface area contributed by atoms with Gasteiger partial charge in [-0.05, 0) is 60.5 Å². The lowest BCUT2D eigenvalue weighted by Crippen LogP contribution is -2.57. The van der Waals surface area contributed by atoms with Crippen LogP contribution in [0.5, 0.6) is 5.75 Å². The monoisotopic (exact) mass is 687 g/mol. The zero-order valence-corrected chi connectivity index (χ0v) is 28.0. The summed E-state index contributed by atoms with van der Waals surface area (Å²) in [6.07, 6.45) is 0. The van der Waals surface area contributed by atoms with Crippen LogP contribution in [0.1, 0.15) is 41.3 Å². The number of rotatable bonds is 7. The van der Waals surface area contributed by atoms with Gasteiger partial charge in [-0.3, -0.25) is 24.4 Å². The standard InChI is InChI=1S/C35H35Cl2N7O4/c1-2-48-29-19-23(20-38)3-12-28(29)34-40-32(24-4-8-26(36)9-5-24)33(25-6-10-27(37)11-7-25)44(34)35(47)43-17-15-42(16-18-43)31(46)22-41-14-13-39-30(45)21-41/h3-12,19,32-33H,2,13-18,21-22H2,1H3,(H,39,45)/t32-,33+/m0/s1. The van der Waals surface area contributed by atoms with Gasteiger partial charge in [0.1, 0.15) is 17.6 Å². The Morgan fingerprint density at radius 2 is 1.58 bits per heavy atom. The average molecular weight is 689 g/mol. The summed E-state index contributed by atoms with van der Waals surface area (Å²) in [5.74, 6) is 0.701. The highest BCUT2D eigenvalue weighted by atomic mass is 35.5. The van der Waals surface area contributed by atoms with E-state index >= 15 is 0 Å². The molecule has 11 nitrogen and oxygen atoms in total. The molecule has 3 heterocycles. The second-order valence-corrected chi connectivity index (χ2v) is 12.7. The van der Waals surface area contributed by atoms with Gasteiger partial charge in [0.15, 0.2) is 0 Å². The summed E-state index contributed by atoms with van der Waals surface area (Å²) in [5, 5.41) is 13.5. The summed E-state index contributed by atoms with van der Waals surface area (Å²) in [4.78, 5) is 51.9. The molecule has 3 aromatic carbocycles. The van der Waals surface area contributed by atoms with E-state index in [1.165, 1.54) is 0 Å². The Labute approximate surface area is 289 Å². The van der Waals surface area contributed by atoms with Crippen LogP contribution >= 0.6 is 23.2 Å². The lowest BCUT2D eigenvalue weighted by Gasteiger charge is -2.39. The molecule has 48 heavy (non-hydrogen) atoms. The van der Waals surface area contributed by atoms with Gasteiger partial charge in [-0.1, -0.05) is 47.5 Å². The Morgan fingerprint density at radius 3 is 2.21 bits per heavy atom. The Bertz CT molecular complexity index is 1750. The van der Waals surface area contributed by atoms with Crippen LogP contribution in [0.25, 0.3) is 0 Å². The van der Waals surface area contributed by atoms with Crippen molar-refractivity contribution in [1.29, 1.82) is 5.26 Å². The van der Waals surface area contributed by atoms with Gasteiger partial charge in [-0.2, -0.15) is 5.26 Å². The molecule has 2 saturated heterocycles. The molecule has 248 valence electrons. The molecule has 3 aliphatic heterocycles. The zero-order chi connectivity index (χ0) is 33.8. The van der Waals surface area contributed by atoms with Crippen molar-refractivity contribution in [2.24, 2.45) is 4.99 Å². The first-order valence-electron chi connectivity index (χ1n) is 15.9. The number of nitriles is 1. The van der Waals surface area contributed by atoms with Crippen molar-refractivity contribution in [2.75, 3.05) is 59.0 Å². The topological polar surface area (TPSA) is 122 Å². The molecule has 0 aromatic heterocycles. The van der Waals surface area contributed by atoms with Crippen molar-refractivity contribution in [3.63, 3.8) is 0 Å². The minimum atomic E-state index is -0.555. The van der Waals surface area contributed by atoms with Crippen molar-refractivity contribution in [1.82, 2.24) is 24.9 Å². The molecule has 2 atom stereocenters. The predicted octanol–water partition coefficient (Wildman–Crippen LogP) is 4.50. The molecule has 0 radical (unpaired) electrons. The smallest absolute Gasteiger partial charge is 0.326 e. The maximum atomic E-state index is 14.8. The molecular formula is C35H35Cl2N7O4. The van der Waals surface area contributed by atoms with Crippen LogP contribution in [0.2, 0.25) is 10.0 Å². The van der Waals surface area contributed by atoms with Gasteiger partial charge < -0.3 is 19.9 Å². The number of nitrogens with zero attached hydrogens (tertiary/aromatic N) is 6. The maximum absolute atomic E-state index is 14.8. The van der Waals surface area contributed by atoms with E-state index in [1.807, 2.05) is 36.1 Å². The van der Waals surface area contributed by atoms with Gasteiger partial charge in [-0.25, -0.2) is 4.79 Å². The van der Waals surface area contributed by atoms with Crippen molar-refractivity contribution in [3.8, 4) is 11.8 Å². The third-order valence-electron chi connectivity index (χ3n) is 8.73. The van der Waals surface area contributed by atoms with Crippen LogP contribution < -0.4 is 10.1 Å². The number of halogens is 2. The van der Waals surface area contributed by atoms with Crippen LogP contribution in [-0.4, -0.2) is 102 Å². The molecule has 0 saturated carbocycles. The molecule has 0 spiro atoms. The lowest BCUT2D eigenvalue weighted by atomic mass is 9.93. The number of benzene rings is 3. The molecule has 4 amide bonds. The van der Waals surface area contributed by atoms with Crippen molar-refractivity contribution < 1.29 is 19.1 Å². The van der Waals surface area contributed by atoms with Crippen LogP contribution in [0.3, 0.4) is 0 Å². The molecule has 13 heteroatoms. The Kier molecular flexibility index (Phi) is 10.2. The third kappa shape index (κ3) is 7.11. The van der Waals surface area contributed by atoms with Crippen LogP contribution in [0, 0.1) is 11.3 Å². The minimum absolute atomic E-state index is 0.0685. The average Bonchev–Trinajstić information content (AvgIpc) is 3.49. The van der Waals surface area contributed by atoms with Crippen LogP contribution in [0.15, 0.2) is 71.7 Å². The molecule has 3 aromatic rings.